The molecule has 2 aliphatic rings. The van der Waals surface area contributed by atoms with Gasteiger partial charge in [0, 0.05) is 13.1 Å². The van der Waals surface area contributed by atoms with Gasteiger partial charge in [0.2, 0.25) is 0 Å². The van der Waals surface area contributed by atoms with E-state index in [0.29, 0.717) is 26.3 Å². The first-order valence-electron chi connectivity index (χ1n) is 3.67. The van der Waals surface area contributed by atoms with E-state index in [1.165, 1.54) is 0 Å². The van der Waals surface area contributed by atoms with Gasteiger partial charge >= 0.3 is 0 Å². The van der Waals surface area contributed by atoms with Crippen LogP contribution in [0, 0.1) is 0 Å². The molecule has 1 spiro atoms. The normalized spacial score (nSPS) is 33.1. The Bertz CT molecular complexity index is 255. The van der Waals surface area contributed by atoms with E-state index >= 15 is 0 Å². The van der Waals surface area contributed by atoms with Gasteiger partial charge in [-0.15, -0.1) is 0 Å². The Labute approximate surface area is 65.8 Å². The molecule has 11 heavy (non-hydrogen) atoms. The van der Waals surface area contributed by atoms with Gasteiger partial charge in [0.05, 0.1) is 19.0 Å². The van der Waals surface area contributed by atoms with Gasteiger partial charge in [-0.25, -0.2) is 8.42 Å². The summed E-state index contributed by atoms with van der Waals surface area (Å²) in [6.07, 6.45) is 0. The molecule has 0 radical (unpaired) electrons. The lowest BCUT2D eigenvalue weighted by molar-refractivity contribution is 0.0885. The Kier molecular flexibility index (Phi) is 1.49. The SMILES string of the molecule is O=S1(=O)CCOCC12CNC2. The molecular weight excluding hydrogens is 166 g/mol. The summed E-state index contributed by atoms with van der Waals surface area (Å²) < 4.78 is 27.5. The molecule has 0 aliphatic carbocycles. The lowest BCUT2D eigenvalue weighted by Crippen LogP contribution is -2.68. The highest BCUT2D eigenvalue weighted by molar-refractivity contribution is 7.93. The van der Waals surface area contributed by atoms with E-state index in [9.17, 15) is 8.42 Å². The third-order valence-electron chi connectivity index (χ3n) is 2.42. The molecule has 2 aliphatic heterocycles. The summed E-state index contributed by atoms with van der Waals surface area (Å²) in [6, 6.07) is 0. The summed E-state index contributed by atoms with van der Waals surface area (Å²) in [7, 11) is -2.87. The molecule has 2 saturated heterocycles. The highest BCUT2D eigenvalue weighted by Crippen LogP contribution is 2.26. The van der Waals surface area contributed by atoms with Gasteiger partial charge in [0.15, 0.2) is 9.84 Å². The fourth-order valence-electron chi connectivity index (χ4n) is 1.46. The zero-order valence-electron chi connectivity index (χ0n) is 6.17. The lowest BCUT2D eigenvalue weighted by Gasteiger charge is -2.43. The van der Waals surface area contributed by atoms with E-state index in [1.54, 1.807) is 0 Å². The molecule has 4 nitrogen and oxygen atoms in total. The van der Waals surface area contributed by atoms with Crippen molar-refractivity contribution in [3.05, 3.63) is 0 Å². The average molecular weight is 177 g/mol. The number of sulfone groups is 1. The van der Waals surface area contributed by atoms with Gasteiger partial charge in [0.1, 0.15) is 4.75 Å². The van der Waals surface area contributed by atoms with Crippen molar-refractivity contribution >= 4 is 9.84 Å². The Morgan fingerprint density at radius 2 is 2.09 bits per heavy atom. The molecule has 0 bridgehead atoms. The second kappa shape index (κ2) is 2.18. The van der Waals surface area contributed by atoms with E-state index < -0.39 is 14.6 Å². The summed E-state index contributed by atoms with van der Waals surface area (Å²) in [5.74, 6) is 0.189. The van der Waals surface area contributed by atoms with E-state index in [-0.39, 0.29) is 5.75 Å². The molecule has 2 rings (SSSR count). The number of ether oxygens (including phenoxy) is 1. The van der Waals surface area contributed by atoms with Crippen LogP contribution in [0.3, 0.4) is 0 Å². The van der Waals surface area contributed by atoms with Crippen molar-refractivity contribution in [2.45, 2.75) is 4.75 Å². The minimum absolute atomic E-state index is 0.189. The predicted molar refractivity (Wildman–Crippen MR) is 40.2 cm³/mol. The van der Waals surface area contributed by atoms with Crippen LogP contribution >= 0.6 is 0 Å². The predicted octanol–water partition coefficient (Wildman–Crippen LogP) is -1.23. The van der Waals surface area contributed by atoms with Crippen molar-refractivity contribution in [2.24, 2.45) is 0 Å². The highest BCUT2D eigenvalue weighted by atomic mass is 32.2. The molecule has 0 saturated carbocycles. The highest BCUT2D eigenvalue weighted by Gasteiger charge is 2.50. The fourth-order valence-corrected chi connectivity index (χ4v) is 3.14. The molecule has 0 aromatic carbocycles. The summed E-state index contributed by atoms with van der Waals surface area (Å²) in [6.45, 7) is 1.87. The second-order valence-electron chi connectivity index (χ2n) is 3.16. The van der Waals surface area contributed by atoms with Crippen LogP contribution in [0.1, 0.15) is 0 Å². The maximum atomic E-state index is 11.5. The van der Waals surface area contributed by atoms with Crippen molar-refractivity contribution in [3.8, 4) is 0 Å². The molecule has 0 unspecified atom stereocenters. The monoisotopic (exact) mass is 177 g/mol. The van der Waals surface area contributed by atoms with Gasteiger partial charge in [-0.2, -0.15) is 0 Å². The molecule has 5 heteroatoms. The van der Waals surface area contributed by atoms with Gasteiger partial charge in [-0.1, -0.05) is 0 Å². The van der Waals surface area contributed by atoms with Crippen molar-refractivity contribution in [2.75, 3.05) is 32.1 Å². The number of hydrogen-bond acceptors (Lipinski definition) is 4. The van der Waals surface area contributed by atoms with E-state index in [4.69, 9.17) is 4.74 Å². The summed E-state index contributed by atoms with van der Waals surface area (Å²) in [5.41, 5.74) is 0. The van der Waals surface area contributed by atoms with Gasteiger partial charge in [-0.05, 0) is 0 Å². The molecule has 0 aromatic heterocycles. The maximum Gasteiger partial charge on any atom is 0.163 e. The number of hydrogen-bond donors (Lipinski definition) is 1. The first kappa shape index (κ1) is 7.52. The smallest absolute Gasteiger partial charge is 0.163 e. The number of rotatable bonds is 0. The van der Waals surface area contributed by atoms with Crippen LogP contribution in [-0.2, 0) is 14.6 Å². The largest absolute Gasteiger partial charge is 0.379 e. The quantitative estimate of drug-likeness (QED) is 0.503. The minimum Gasteiger partial charge on any atom is -0.379 e. The third-order valence-corrected chi connectivity index (χ3v) is 4.85. The zero-order valence-corrected chi connectivity index (χ0v) is 6.99. The molecule has 0 atom stereocenters. The molecular formula is C6H11NO3S. The van der Waals surface area contributed by atoms with Crippen LogP contribution in [0.15, 0.2) is 0 Å². The summed E-state index contributed by atoms with van der Waals surface area (Å²) in [5, 5.41) is 2.97. The summed E-state index contributed by atoms with van der Waals surface area (Å²) in [4.78, 5) is 0. The van der Waals surface area contributed by atoms with Crippen molar-refractivity contribution < 1.29 is 13.2 Å². The molecule has 64 valence electrons. The van der Waals surface area contributed by atoms with Crippen molar-refractivity contribution in [1.82, 2.24) is 5.32 Å². The molecule has 1 N–H and O–H groups in total. The standard InChI is InChI=1S/C6H11NO3S/c8-11(9)2-1-10-5-6(11)3-7-4-6/h7H,1-5H2. The summed E-state index contributed by atoms with van der Waals surface area (Å²) >= 11 is 0. The van der Waals surface area contributed by atoms with E-state index in [1.807, 2.05) is 0 Å². The third kappa shape index (κ3) is 0.913. The van der Waals surface area contributed by atoms with Gasteiger partial charge < -0.3 is 10.1 Å². The maximum absolute atomic E-state index is 11.5. The molecule has 0 amide bonds. The van der Waals surface area contributed by atoms with Crippen LogP contribution in [0.5, 0.6) is 0 Å². The Balaban J connectivity index is 2.29. The van der Waals surface area contributed by atoms with Crippen LogP contribution < -0.4 is 5.32 Å². The number of nitrogens with one attached hydrogen (secondary N) is 1. The van der Waals surface area contributed by atoms with Crippen LogP contribution in [0.25, 0.3) is 0 Å². The van der Waals surface area contributed by atoms with Crippen molar-refractivity contribution in [3.63, 3.8) is 0 Å². The van der Waals surface area contributed by atoms with Crippen LogP contribution in [0.2, 0.25) is 0 Å². The van der Waals surface area contributed by atoms with Crippen LogP contribution in [-0.4, -0.2) is 45.2 Å². The molecule has 0 aromatic rings. The first-order valence-corrected chi connectivity index (χ1v) is 5.32. The molecule has 2 heterocycles. The van der Waals surface area contributed by atoms with Crippen molar-refractivity contribution in [1.29, 1.82) is 0 Å². The second-order valence-corrected chi connectivity index (χ2v) is 5.66. The van der Waals surface area contributed by atoms with E-state index in [2.05, 4.69) is 5.32 Å². The Morgan fingerprint density at radius 3 is 2.45 bits per heavy atom. The Hall–Kier alpha value is -0.130. The van der Waals surface area contributed by atoms with Gasteiger partial charge in [-0.3, -0.25) is 0 Å². The molecule has 2 fully saturated rings. The lowest BCUT2D eigenvalue weighted by atomic mass is 10.0. The minimum atomic E-state index is -2.87. The first-order chi connectivity index (χ1) is 5.16. The van der Waals surface area contributed by atoms with Gasteiger partial charge in [0.25, 0.3) is 0 Å². The average Bonchev–Trinajstić information content (AvgIpc) is 1.83. The Morgan fingerprint density at radius 1 is 1.36 bits per heavy atom. The van der Waals surface area contributed by atoms with E-state index in [0.717, 1.165) is 0 Å². The zero-order chi connectivity index (χ0) is 7.95. The van der Waals surface area contributed by atoms with Crippen LogP contribution in [0.4, 0.5) is 0 Å². The topological polar surface area (TPSA) is 55.4 Å². The fraction of sp³-hybridized carbons (Fsp3) is 1.00.